The van der Waals surface area contributed by atoms with Crippen LogP contribution in [0.1, 0.15) is 4.88 Å². The molecule has 0 aliphatic heterocycles. The highest BCUT2D eigenvalue weighted by Crippen LogP contribution is 2.40. The lowest BCUT2D eigenvalue weighted by Crippen LogP contribution is -1.63. The van der Waals surface area contributed by atoms with Crippen molar-refractivity contribution in [1.82, 2.24) is 4.98 Å². The van der Waals surface area contributed by atoms with Gasteiger partial charge < -0.3 is 0 Å². The first-order valence-electron chi connectivity index (χ1n) is 6.31. The Balaban J connectivity index is 1.77. The molecule has 0 aliphatic rings. The van der Waals surface area contributed by atoms with Crippen LogP contribution in [0, 0.1) is 6.92 Å². The fourth-order valence-corrected chi connectivity index (χ4v) is 5.13. The lowest BCUT2D eigenvalue weighted by Gasteiger charge is -1.89. The van der Waals surface area contributed by atoms with Crippen molar-refractivity contribution in [2.45, 2.75) is 6.92 Å². The lowest BCUT2D eigenvalue weighted by molar-refractivity contribution is 1.39. The molecule has 0 N–H and O–H groups in total. The number of benzene rings is 1. The maximum Gasteiger partial charge on any atom is 0.133 e. The zero-order valence-electron chi connectivity index (χ0n) is 10.8. The zero-order valence-corrected chi connectivity index (χ0v) is 13.2. The number of hydrogen-bond acceptors (Lipinski definition) is 4. The SMILES string of the molecule is Cc1cnc(-c2ccc(-c3cc4ccccc4s3)s2)s1. The van der Waals surface area contributed by atoms with E-state index in [9.17, 15) is 0 Å². The van der Waals surface area contributed by atoms with E-state index in [1.54, 1.807) is 11.3 Å². The molecular formula is C16H11NS3. The van der Waals surface area contributed by atoms with E-state index in [0.717, 1.165) is 5.01 Å². The second-order valence-corrected chi connectivity index (χ2v) is 7.99. The van der Waals surface area contributed by atoms with Crippen LogP contribution in [0.3, 0.4) is 0 Å². The van der Waals surface area contributed by atoms with Crippen LogP contribution in [0.2, 0.25) is 0 Å². The molecule has 0 saturated heterocycles. The minimum absolute atomic E-state index is 1.12. The lowest BCUT2D eigenvalue weighted by atomic mass is 10.2. The molecule has 4 heteroatoms. The van der Waals surface area contributed by atoms with Crippen molar-refractivity contribution < 1.29 is 0 Å². The van der Waals surface area contributed by atoms with Gasteiger partial charge in [-0.2, -0.15) is 0 Å². The zero-order chi connectivity index (χ0) is 13.5. The predicted octanol–water partition coefficient (Wildman–Crippen LogP) is 6.06. The Labute approximate surface area is 129 Å². The number of aromatic nitrogens is 1. The third-order valence-electron chi connectivity index (χ3n) is 3.11. The normalized spacial score (nSPS) is 11.2. The molecular weight excluding hydrogens is 302 g/mol. The Hall–Kier alpha value is -1.49. The second-order valence-electron chi connectivity index (χ2n) is 4.59. The van der Waals surface area contributed by atoms with Gasteiger partial charge in [0.15, 0.2) is 0 Å². The van der Waals surface area contributed by atoms with Gasteiger partial charge in [-0.25, -0.2) is 4.98 Å². The van der Waals surface area contributed by atoms with Gasteiger partial charge >= 0.3 is 0 Å². The topological polar surface area (TPSA) is 12.9 Å². The monoisotopic (exact) mass is 313 g/mol. The Morgan fingerprint density at radius 2 is 1.70 bits per heavy atom. The van der Waals surface area contributed by atoms with Crippen molar-refractivity contribution >= 4 is 44.1 Å². The van der Waals surface area contributed by atoms with Gasteiger partial charge in [-0.05, 0) is 36.6 Å². The number of aryl methyl sites for hydroxylation is 1. The van der Waals surface area contributed by atoms with Gasteiger partial charge in [0, 0.05) is 25.5 Å². The van der Waals surface area contributed by atoms with E-state index in [-0.39, 0.29) is 0 Å². The van der Waals surface area contributed by atoms with E-state index in [0.29, 0.717) is 0 Å². The quantitative estimate of drug-likeness (QED) is 0.438. The first-order valence-corrected chi connectivity index (χ1v) is 8.76. The van der Waals surface area contributed by atoms with Crippen molar-refractivity contribution in [2.24, 2.45) is 0 Å². The summed E-state index contributed by atoms with van der Waals surface area (Å²) in [6, 6.07) is 15.2. The van der Waals surface area contributed by atoms with Gasteiger partial charge in [0.25, 0.3) is 0 Å². The maximum absolute atomic E-state index is 4.47. The van der Waals surface area contributed by atoms with Gasteiger partial charge in [0.05, 0.1) is 4.88 Å². The molecule has 0 unspecified atom stereocenters. The molecule has 0 aliphatic carbocycles. The van der Waals surface area contributed by atoms with Crippen LogP contribution >= 0.6 is 34.0 Å². The number of thiophene rings is 2. The molecule has 0 spiro atoms. The first-order chi connectivity index (χ1) is 9.79. The summed E-state index contributed by atoms with van der Waals surface area (Å²) in [6.07, 6.45) is 1.94. The highest BCUT2D eigenvalue weighted by molar-refractivity contribution is 7.28. The largest absolute Gasteiger partial charge is 0.243 e. The molecule has 0 atom stereocenters. The molecule has 0 saturated carbocycles. The molecule has 1 aromatic carbocycles. The van der Waals surface area contributed by atoms with Gasteiger partial charge in [0.1, 0.15) is 5.01 Å². The summed E-state index contributed by atoms with van der Waals surface area (Å²) in [7, 11) is 0. The smallest absolute Gasteiger partial charge is 0.133 e. The average Bonchev–Trinajstić information content (AvgIpc) is 3.16. The number of nitrogens with zero attached hydrogens (tertiary/aromatic N) is 1. The molecule has 0 amide bonds. The van der Waals surface area contributed by atoms with E-state index < -0.39 is 0 Å². The van der Waals surface area contributed by atoms with Gasteiger partial charge in [-0.1, -0.05) is 18.2 Å². The van der Waals surface area contributed by atoms with Gasteiger partial charge in [0.2, 0.25) is 0 Å². The summed E-state index contributed by atoms with van der Waals surface area (Å²) in [5.41, 5.74) is 0. The highest BCUT2D eigenvalue weighted by atomic mass is 32.1. The van der Waals surface area contributed by atoms with Crippen LogP contribution in [0.15, 0.2) is 48.7 Å². The maximum atomic E-state index is 4.47. The Morgan fingerprint density at radius 1 is 0.850 bits per heavy atom. The third-order valence-corrected chi connectivity index (χ3v) is 6.59. The second kappa shape index (κ2) is 4.81. The predicted molar refractivity (Wildman–Crippen MR) is 91.0 cm³/mol. The Kier molecular flexibility index (Phi) is 2.95. The molecule has 0 fully saturated rings. The molecule has 98 valence electrons. The molecule has 1 nitrogen and oxygen atoms in total. The third kappa shape index (κ3) is 2.10. The molecule has 3 aromatic heterocycles. The van der Waals surface area contributed by atoms with Crippen molar-refractivity contribution in [2.75, 3.05) is 0 Å². The summed E-state index contributed by atoms with van der Waals surface area (Å²) in [5, 5.41) is 2.45. The van der Waals surface area contributed by atoms with Gasteiger partial charge in [-0.15, -0.1) is 34.0 Å². The van der Waals surface area contributed by atoms with Crippen molar-refractivity contribution in [3.05, 3.63) is 53.5 Å². The van der Waals surface area contributed by atoms with Crippen LogP contribution < -0.4 is 0 Å². The van der Waals surface area contributed by atoms with Crippen LogP contribution in [0.25, 0.3) is 29.7 Å². The summed E-state index contributed by atoms with van der Waals surface area (Å²) < 4.78 is 1.35. The molecule has 4 rings (SSSR count). The molecule has 20 heavy (non-hydrogen) atoms. The Morgan fingerprint density at radius 3 is 2.50 bits per heavy atom. The van der Waals surface area contributed by atoms with E-state index in [4.69, 9.17) is 0 Å². The minimum atomic E-state index is 1.12. The van der Waals surface area contributed by atoms with Crippen LogP contribution in [0.4, 0.5) is 0 Å². The minimum Gasteiger partial charge on any atom is -0.243 e. The number of fused-ring (bicyclic) bond motifs is 1. The van der Waals surface area contributed by atoms with E-state index in [2.05, 4.69) is 54.4 Å². The van der Waals surface area contributed by atoms with Crippen LogP contribution in [0.5, 0.6) is 0 Å². The van der Waals surface area contributed by atoms with Crippen molar-refractivity contribution in [3.63, 3.8) is 0 Å². The Bertz CT molecular complexity index is 849. The van der Waals surface area contributed by atoms with Crippen molar-refractivity contribution in [3.8, 4) is 19.6 Å². The molecule has 0 radical (unpaired) electrons. The number of hydrogen-bond donors (Lipinski definition) is 0. The van der Waals surface area contributed by atoms with Crippen LogP contribution in [-0.4, -0.2) is 4.98 Å². The van der Waals surface area contributed by atoms with E-state index in [1.165, 1.54) is 29.6 Å². The fraction of sp³-hybridized carbons (Fsp3) is 0.0625. The molecule has 4 aromatic rings. The molecule has 0 bridgehead atoms. The summed E-state index contributed by atoms with van der Waals surface area (Å²) in [6.45, 7) is 2.10. The number of rotatable bonds is 2. The first kappa shape index (κ1) is 12.3. The van der Waals surface area contributed by atoms with E-state index >= 15 is 0 Å². The number of thiazole rings is 1. The fourth-order valence-electron chi connectivity index (χ4n) is 2.16. The van der Waals surface area contributed by atoms with E-state index in [1.807, 2.05) is 28.9 Å². The standard InChI is InChI=1S/C16H11NS3/c1-10-9-17-16(18-10)14-7-6-13(20-14)15-8-11-4-2-3-5-12(11)19-15/h2-9H,1H3. The van der Waals surface area contributed by atoms with Gasteiger partial charge in [-0.3, -0.25) is 0 Å². The summed E-state index contributed by atoms with van der Waals surface area (Å²) in [5.74, 6) is 0. The summed E-state index contributed by atoms with van der Waals surface area (Å²) >= 11 is 5.44. The highest BCUT2D eigenvalue weighted by Gasteiger charge is 2.10. The van der Waals surface area contributed by atoms with Crippen molar-refractivity contribution in [1.29, 1.82) is 0 Å². The summed E-state index contributed by atoms with van der Waals surface area (Å²) in [4.78, 5) is 9.66. The van der Waals surface area contributed by atoms with Crippen LogP contribution in [-0.2, 0) is 0 Å². The molecule has 3 heterocycles. The average molecular weight is 313 g/mol.